The van der Waals surface area contributed by atoms with Gasteiger partial charge in [0.15, 0.2) is 5.11 Å². The van der Waals surface area contributed by atoms with Crippen LogP contribution in [0, 0.1) is 0 Å². The summed E-state index contributed by atoms with van der Waals surface area (Å²) < 4.78 is 31.8. The molecule has 2 aliphatic rings. The van der Waals surface area contributed by atoms with E-state index in [1.807, 2.05) is 24.3 Å². The number of hydrogen-bond acceptors (Lipinski definition) is 6. The Bertz CT molecular complexity index is 1570. The summed E-state index contributed by atoms with van der Waals surface area (Å²) in [6, 6.07) is 17.4. The summed E-state index contributed by atoms with van der Waals surface area (Å²) in [7, 11) is 0.155. The first kappa shape index (κ1) is 27.0. The molecule has 0 saturated carbocycles. The van der Waals surface area contributed by atoms with Gasteiger partial charge in [-0.25, -0.2) is 8.42 Å². The van der Waals surface area contributed by atoms with Gasteiger partial charge in [0.1, 0.15) is 5.75 Å². The molecule has 0 amide bonds. The topological polar surface area (TPSA) is 86.8 Å². The van der Waals surface area contributed by atoms with Gasteiger partial charge >= 0.3 is 0 Å². The van der Waals surface area contributed by atoms with E-state index in [4.69, 9.17) is 17.0 Å². The number of anilines is 3. The van der Waals surface area contributed by atoms with Gasteiger partial charge in [0.05, 0.1) is 42.4 Å². The lowest BCUT2D eigenvalue weighted by Gasteiger charge is -2.41. The molecule has 8 nitrogen and oxygen atoms in total. The highest BCUT2D eigenvalue weighted by molar-refractivity contribution is 7.92. The quantitative estimate of drug-likeness (QED) is 0.393. The molecule has 3 heterocycles. The lowest BCUT2D eigenvalue weighted by Crippen LogP contribution is -2.42. The molecule has 0 spiro atoms. The molecule has 1 fully saturated rings. The van der Waals surface area contributed by atoms with Gasteiger partial charge in [-0.3, -0.25) is 9.71 Å². The van der Waals surface area contributed by atoms with Gasteiger partial charge in [0, 0.05) is 36.2 Å². The molecule has 204 valence electrons. The summed E-state index contributed by atoms with van der Waals surface area (Å²) in [5.41, 5.74) is 6.58. The second-order valence-corrected chi connectivity index (χ2v) is 12.7. The average molecular weight is 564 g/mol. The average Bonchev–Trinajstić information content (AvgIpc) is 3.23. The van der Waals surface area contributed by atoms with E-state index in [1.165, 1.54) is 23.9 Å². The number of allylic oxidation sites excluding steroid dienone is 1. The van der Waals surface area contributed by atoms with Gasteiger partial charge in [0.2, 0.25) is 10.0 Å². The largest absolute Gasteiger partial charge is 0.494 e. The molecule has 2 N–H and O–H groups in total. The number of hydrogen-bond donors (Lipinski definition) is 2. The number of methoxy groups -OCH3 is 1. The number of fused-ring (bicyclic) bond motifs is 1. The molecular formula is C29H33N5O3S2. The molecule has 2 aromatic carbocycles. The second kappa shape index (κ2) is 9.84. The molecule has 10 heteroatoms. The van der Waals surface area contributed by atoms with E-state index in [-0.39, 0.29) is 17.6 Å². The predicted octanol–water partition coefficient (Wildman–Crippen LogP) is 5.27. The fourth-order valence-corrected chi connectivity index (χ4v) is 6.36. The number of rotatable bonds is 6. The van der Waals surface area contributed by atoms with Crippen molar-refractivity contribution in [2.24, 2.45) is 0 Å². The normalized spacial score (nSPS) is 20.3. The molecule has 1 aromatic heterocycles. The SMILES string of the molecule is COc1cc(N2C(=S)N[C@@H](c3ccccn3)[C@@H]2c2ccc3c(c2)C(C)=CC(C)(C)N3C)ccc1NS(C)(=O)=O. The fourth-order valence-electron chi connectivity index (χ4n) is 5.45. The maximum absolute atomic E-state index is 11.9. The molecule has 39 heavy (non-hydrogen) atoms. The summed E-state index contributed by atoms with van der Waals surface area (Å²) in [6.07, 6.45) is 5.19. The van der Waals surface area contributed by atoms with Crippen LogP contribution in [0.25, 0.3) is 5.57 Å². The molecule has 0 aliphatic carbocycles. The van der Waals surface area contributed by atoms with Crippen molar-refractivity contribution >= 4 is 50.0 Å². The summed E-state index contributed by atoms with van der Waals surface area (Å²) in [4.78, 5) is 9.00. The molecule has 5 rings (SSSR count). The Morgan fingerprint density at radius 2 is 1.90 bits per heavy atom. The third kappa shape index (κ3) is 5.06. The number of likely N-dealkylation sites (N-methyl/N-ethyl adjacent to an activating group) is 1. The summed E-state index contributed by atoms with van der Waals surface area (Å²) in [5.74, 6) is 0.397. The summed E-state index contributed by atoms with van der Waals surface area (Å²) in [6.45, 7) is 6.57. The first-order valence-corrected chi connectivity index (χ1v) is 14.9. The van der Waals surface area contributed by atoms with Crippen molar-refractivity contribution < 1.29 is 13.2 Å². The van der Waals surface area contributed by atoms with Crippen LogP contribution in [0.1, 0.15) is 49.7 Å². The highest BCUT2D eigenvalue weighted by atomic mass is 32.2. The van der Waals surface area contributed by atoms with Crippen molar-refractivity contribution in [3.63, 3.8) is 0 Å². The lowest BCUT2D eigenvalue weighted by atomic mass is 9.86. The van der Waals surface area contributed by atoms with E-state index in [0.717, 1.165) is 23.2 Å². The van der Waals surface area contributed by atoms with Crippen LogP contribution in [-0.4, -0.2) is 44.5 Å². The van der Waals surface area contributed by atoms with Crippen LogP contribution in [-0.2, 0) is 10.0 Å². The van der Waals surface area contributed by atoms with E-state index in [0.29, 0.717) is 16.5 Å². The first-order valence-electron chi connectivity index (χ1n) is 12.6. The van der Waals surface area contributed by atoms with Crippen molar-refractivity contribution in [2.45, 2.75) is 38.4 Å². The van der Waals surface area contributed by atoms with Crippen molar-refractivity contribution in [1.29, 1.82) is 0 Å². The van der Waals surface area contributed by atoms with E-state index in [9.17, 15) is 8.42 Å². The lowest BCUT2D eigenvalue weighted by molar-refractivity contribution is 0.417. The van der Waals surface area contributed by atoms with Crippen LogP contribution in [0.4, 0.5) is 17.1 Å². The van der Waals surface area contributed by atoms with Gasteiger partial charge < -0.3 is 19.9 Å². The van der Waals surface area contributed by atoms with Crippen molar-refractivity contribution in [2.75, 3.05) is 34.9 Å². The zero-order chi connectivity index (χ0) is 28.1. The number of sulfonamides is 1. The molecule has 1 saturated heterocycles. The Morgan fingerprint density at radius 3 is 2.56 bits per heavy atom. The van der Waals surface area contributed by atoms with Gasteiger partial charge in [-0.2, -0.15) is 0 Å². The minimum atomic E-state index is -3.48. The van der Waals surface area contributed by atoms with E-state index in [1.54, 1.807) is 18.3 Å². The molecule has 3 aromatic rings. The van der Waals surface area contributed by atoms with Gasteiger partial charge in [-0.15, -0.1) is 0 Å². The first-order chi connectivity index (χ1) is 18.4. The van der Waals surface area contributed by atoms with E-state index >= 15 is 0 Å². The van der Waals surface area contributed by atoms with Crippen molar-refractivity contribution in [3.05, 3.63) is 83.7 Å². The fraction of sp³-hybridized carbons (Fsp3) is 0.310. The Morgan fingerprint density at radius 1 is 1.13 bits per heavy atom. The molecule has 2 aliphatic heterocycles. The third-order valence-corrected chi connectivity index (χ3v) is 8.34. The summed E-state index contributed by atoms with van der Waals surface area (Å²) >= 11 is 5.88. The highest BCUT2D eigenvalue weighted by Gasteiger charge is 2.41. The number of thiocarbonyl (C=S) groups is 1. The summed E-state index contributed by atoms with van der Waals surface area (Å²) in [5, 5.41) is 4.03. The molecule has 0 unspecified atom stereocenters. The van der Waals surface area contributed by atoms with E-state index in [2.05, 4.69) is 76.9 Å². The number of ether oxygens (including phenoxy) is 1. The van der Waals surface area contributed by atoms with Gasteiger partial charge in [-0.05, 0) is 80.5 Å². The minimum Gasteiger partial charge on any atom is -0.494 e. The van der Waals surface area contributed by atoms with Crippen LogP contribution in [0.3, 0.4) is 0 Å². The van der Waals surface area contributed by atoms with Crippen LogP contribution < -0.4 is 24.6 Å². The van der Waals surface area contributed by atoms with Crippen molar-refractivity contribution in [1.82, 2.24) is 10.3 Å². The number of nitrogens with zero attached hydrogens (tertiary/aromatic N) is 3. The number of aromatic nitrogens is 1. The Kier molecular flexibility index (Phi) is 6.80. The Labute approximate surface area is 235 Å². The van der Waals surface area contributed by atoms with Crippen LogP contribution in [0.2, 0.25) is 0 Å². The van der Waals surface area contributed by atoms with Crippen LogP contribution in [0.15, 0.2) is 66.9 Å². The third-order valence-electron chi connectivity index (χ3n) is 7.44. The zero-order valence-electron chi connectivity index (χ0n) is 22.9. The molecule has 0 bridgehead atoms. The van der Waals surface area contributed by atoms with Crippen molar-refractivity contribution in [3.8, 4) is 5.75 Å². The standard InChI is InChI=1S/C29H33N5O3S2/c1-18-17-29(2,3)33(4)24-13-10-19(15-21(18)24)27-26(23-9-7-8-14-30-23)31-28(38)34(27)20-11-12-22(25(16-20)37-5)32-39(6,35)36/h7-17,26-27,32H,1-6H3,(H,31,38)/t26-,27-/m0/s1. The molecular weight excluding hydrogens is 530 g/mol. The van der Waals surface area contributed by atoms with E-state index < -0.39 is 10.0 Å². The highest BCUT2D eigenvalue weighted by Crippen LogP contribution is 2.46. The monoisotopic (exact) mass is 563 g/mol. The maximum Gasteiger partial charge on any atom is 0.229 e. The van der Waals surface area contributed by atoms with Crippen LogP contribution >= 0.6 is 12.2 Å². The number of benzene rings is 2. The smallest absolute Gasteiger partial charge is 0.229 e. The Hall–Kier alpha value is -3.63. The number of nitrogens with one attached hydrogen (secondary N) is 2. The van der Waals surface area contributed by atoms with Gasteiger partial charge in [-0.1, -0.05) is 18.2 Å². The Balaban J connectivity index is 1.64. The molecule has 0 radical (unpaired) electrons. The second-order valence-electron chi connectivity index (χ2n) is 10.6. The minimum absolute atomic E-state index is 0.0874. The molecule has 2 atom stereocenters. The zero-order valence-corrected chi connectivity index (χ0v) is 24.5. The van der Waals surface area contributed by atoms with Crippen LogP contribution in [0.5, 0.6) is 5.75 Å². The number of pyridine rings is 1. The van der Waals surface area contributed by atoms with Gasteiger partial charge in [0.25, 0.3) is 0 Å². The maximum atomic E-state index is 11.9. The predicted molar refractivity (Wildman–Crippen MR) is 162 cm³/mol.